The maximum atomic E-state index is 12.2. The lowest BCUT2D eigenvalue weighted by atomic mass is 9.90. The Morgan fingerprint density at radius 2 is 2.10 bits per heavy atom. The first-order chi connectivity index (χ1) is 10.0. The Hall–Kier alpha value is -2.00. The van der Waals surface area contributed by atoms with Crippen LogP contribution in [-0.4, -0.2) is 5.91 Å². The van der Waals surface area contributed by atoms with Crippen LogP contribution in [0.1, 0.15) is 23.1 Å². The smallest absolute Gasteiger partial charge is 0.247 e. The highest BCUT2D eigenvalue weighted by Crippen LogP contribution is 2.40. The van der Waals surface area contributed by atoms with Crippen molar-refractivity contribution in [1.82, 2.24) is 0 Å². The first-order valence-corrected chi connectivity index (χ1v) is 7.33. The molecule has 1 amide bonds. The Morgan fingerprint density at radius 1 is 1.29 bits per heavy atom. The fourth-order valence-corrected chi connectivity index (χ4v) is 3.25. The standard InChI is InChI=1S/C17H17ClN2O/c1-11-3-2-4-14(9-11)20-17(16(19)21)8-7-12-10-13(18)5-6-15(12)17/h2-6,9-10,20H,7-8H2,1H3,(H2,19,21). The van der Waals surface area contributed by atoms with Crippen LogP contribution in [0.25, 0.3) is 0 Å². The molecule has 0 radical (unpaired) electrons. The second-order valence-electron chi connectivity index (χ2n) is 5.57. The number of carbonyl (C=O) groups is 1. The molecule has 1 aliphatic rings. The van der Waals surface area contributed by atoms with Crippen LogP contribution >= 0.6 is 11.6 Å². The molecule has 1 atom stereocenters. The van der Waals surface area contributed by atoms with Crippen LogP contribution in [0, 0.1) is 6.92 Å². The van der Waals surface area contributed by atoms with Gasteiger partial charge in [-0.15, -0.1) is 0 Å². The van der Waals surface area contributed by atoms with E-state index in [1.165, 1.54) is 0 Å². The highest BCUT2D eigenvalue weighted by Gasteiger charge is 2.44. The van der Waals surface area contributed by atoms with Crippen LogP contribution in [-0.2, 0) is 16.8 Å². The molecule has 0 heterocycles. The van der Waals surface area contributed by atoms with Crippen molar-refractivity contribution >= 4 is 23.2 Å². The van der Waals surface area contributed by atoms with Gasteiger partial charge >= 0.3 is 0 Å². The molecular weight excluding hydrogens is 284 g/mol. The summed E-state index contributed by atoms with van der Waals surface area (Å²) in [6, 6.07) is 13.6. The van der Waals surface area contributed by atoms with E-state index >= 15 is 0 Å². The topological polar surface area (TPSA) is 55.1 Å². The SMILES string of the molecule is Cc1cccc(NC2(C(N)=O)CCc3cc(Cl)ccc32)c1. The largest absolute Gasteiger partial charge is 0.368 e. The molecule has 21 heavy (non-hydrogen) atoms. The van der Waals surface area contributed by atoms with Crippen molar-refractivity contribution in [1.29, 1.82) is 0 Å². The van der Waals surface area contributed by atoms with Crippen molar-refractivity contribution in [3.05, 3.63) is 64.2 Å². The van der Waals surface area contributed by atoms with Gasteiger partial charge in [0.2, 0.25) is 5.91 Å². The average molecular weight is 301 g/mol. The Kier molecular flexibility index (Phi) is 3.38. The number of nitrogens with one attached hydrogen (secondary N) is 1. The van der Waals surface area contributed by atoms with Crippen molar-refractivity contribution < 1.29 is 4.79 Å². The zero-order chi connectivity index (χ0) is 15.0. The molecular formula is C17H17ClN2O. The van der Waals surface area contributed by atoms with Gasteiger partial charge in [0.25, 0.3) is 0 Å². The Morgan fingerprint density at radius 3 is 2.81 bits per heavy atom. The first kappa shape index (κ1) is 14.0. The van der Waals surface area contributed by atoms with Crippen molar-refractivity contribution in [2.75, 3.05) is 5.32 Å². The summed E-state index contributed by atoms with van der Waals surface area (Å²) in [5.41, 5.74) is 8.93. The fraction of sp³-hybridized carbons (Fsp3) is 0.235. The van der Waals surface area contributed by atoms with E-state index in [9.17, 15) is 4.79 Å². The van der Waals surface area contributed by atoms with E-state index in [1.54, 1.807) is 6.07 Å². The first-order valence-electron chi connectivity index (χ1n) is 6.95. The van der Waals surface area contributed by atoms with Gasteiger partial charge in [-0.2, -0.15) is 0 Å². The third-order valence-corrected chi connectivity index (χ3v) is 4.33. The Balaban J connectivity index is 2.06. The predicted molar refractivity (Wildman–Crippen MR) is 85.4 cm³/mol. The number of benzene rings is 2. The highest BCUT2D eigenvalue weighted by atomic mass is 35.5. The van der Waals surface area contributed by atoms with E-state index in [0.29, 0.717) is 11.4 Å². The molecule has 3 N–H and O–H groups in total. The summed E-state index contributed by atoms with van der Waals surface area (Å²) in [6.07, 6.45) is 1.43. The Labute approximate surface area is 129 Å². The summed E-state index contributed by atoms with van der Waals surface area (Å²) < 4.78 is 0. The molecule has 4 heteroatoms. The van der Waals surface area contributed by atoms with Gasteiger partial charge in [-0.3, -0.25) is 4.79 Å². The molecule has 0 spiro atoms. The third-order valence-electron chi connectivity index (χ3n) is 4.09. The molecule has 0 saturated carbocycles. The molecule has 2 aromatic rings. The summed E-state index contributed by atoms with van der Waals surface area (Å²) in [5.74, 6) is -0.356. The van der Waals surface area contributed by atoms with E-state index in [-0.39, 0.29) is 5.91 Å². The van der Waals surface area contributed by atoms with Crippen LogP contribution in [0.4, 0.5) is 5.69 Å². The molecule has 0 aliphatic heterocycles. The number of halogens is 1. The monoisotopic (exact) mass is 300 g/mol. The number of anilines is 1. The number of primary amides is 1. The van der Waals surface area contributed by atoms with Gasteiger partial charge in [-0.05, 0) is 60.7 Å². The predicted octanol–water partition coefficient (Wildman–Crippen LogP) is 3.39. The van der Waals surface area contributed by atoms with Crippen LogP contribution in [0.5, 0.6) is 0 Å². The molecule has 0 saturated heterocycles. The maximum absolute atomic E-state index is 12.2. The normalized spacial score (nSPS) is 20.1. The molecule has 0 bridgehead atoms. The zero-order valence-electron chi connectivity index (χ0n) is 11.8. The van der Waals surface area contributed by atoms with E-state index in [0.717, 1.165) is 28.8 Å². The van der Waals surface area contributed by atoms with Gasteiger partial charge in [0.05, 0.1) is 0 Å². The lowest BCUT2D eigenvalue weighted by molar-refractivity contribution is -0.122. The number of amides is 1. The molecule has 3 rings (SSSR count). The van der Waals surface area contributed by atoms with Crippen LogP contribution < -0.4 is 11.1 Å². The molecule has 0 fully saturated rings. The maximum Gasteiger partial charge on any atom is 0.247 e. The average Bonchev–Trinajstić information content (AvgIpc) is 2.78. The number of hydrogen-bond donors (Lipinski definition) is 2. The lowest BCUT2D eigenvalue weighted by Crippen LogP contribution is -2.46. The minimum absolute atomic E-state index is 0.356. The summed E-state index contributed by atoms with van der Waals surface area (Å²) in [7, 11) is 0. The van der Waals surface area contributed by atoms with Gasteiger partial charge < -0.3 is 11.1 Å². The van der Waals surface area contributed by atoms with E-state index in [4.69, 9.17) is 17.3 Å². The quantitative estimate of drug-likeness (QED) is 0.913. The lowest BCUT2D eigenvalue weighted by Gasteiger charge is -2.29. The summed E-state index contributed by atoms with van der Waals surface area (Å²) in [4.78, 5) is 12.2. The third kappa shape index (κ3) is 2.38. The van der Waals surface area contributed by atoms with E-state index < -0.39 is 5.54 Å². The van der Waals surface area contributed by atoms with Crippen molar-refractivity contribution in [2.45, 2.75) is 25.3 Å². The summed E-state index contributed by atoms with van der Waals surface area (Å²) in [6.45, 7) is 2.02. The van der Waals surface area contributed by atoms with Crippen LogP contribution in [0.2, 0.25) is 5.02 Å². The minimum Gasteiger partial charge on any atom is -0.368 e. The molecule has 108 valence electrons. The van der Waals surface area contributed by atoms with Gasteiger partial charge in [0, 0.05) is 10.7 Å². The van der Waals surface area contributed by atoms with Gasteiger partial charge in [0.1, 0.15) is 5.54 Å². The molecule has 0 aromatic heterocycles. The van der Waals surface area contributed by atoms with Crippen LogP contribution in [0.3, 0.4) is 0 Å². The fourth-order valence-electron chi connectivity index (χ4n) is 3.06. The minimum atomic E-state index is -0.853. The van der Waals surface area contributed by atoms with E-state index in [1.807, 2.05) is 43.3 Å². The number of fused-ring (bicyclic) bond motifs is 1. The highest BCUT2D eigenvalue weighted by molar-refractivity contribution is 6.30. The summed E-state index contributed by atoms with van der Waals surface area (Å²) >= 11 is 6.04. The number of aryl methyl sites for hydroxylation is 2. The van der Waals surface area contributed by atoms with E-state index in [2.05, 4.69) is 5.32 Å². The van der Waals surface area contributed by atoms with Gasteiger partial charge in [-0.1, -0.05) is 29.8 Å². The molecule has 3 nitrogen and oxygen atoms in total. The van der Waals surface area contributed by atoms with Crippen LogP contribution in [0.15, 0.2) is 42.5 Å². The van der Waals surface area contributed by atoms with Crippen molar-refractivity contribution in [3.8, 4) is 0 Å². The summed E-state index contributed by atoms with van der Waals surface area (Å²) in [5, 5.41) is 4.04. The number of rotatable bonds is 3. The molecule has 2 aromatic carbocycles. The zero-order valence-corrected chi connectivity index (χ0v) is 12.6. The second-order valence-corrected chi connectivity index (χ2v) is 6.00. The van der Waals surface area contributed by atoms with Crippen molar-refractivity contribution in [3.63, 3.8) is 0 Å². The Bertz CT molecular complexity index is 714. The van der Waals surface area contributed by atoms with Gasteiger partial charge in [-0.25, -0.2) is 0 Å². The van der Waals surface area contributed by atoms with Gasteiger partial charge in [0.15, 0.2) is 0 Å². The molecule has 1 aliphatic carbocycles. The second kappa shape index (κ2) is 5.08. The van der Waals surface area contributed by atoms with Crippen molar-refractivity contribution in [2.24, 2.45) is 5.73 Å². The molecule has 1 unspecified atom stereocenters. The number of hydrogen-bond acceptors (Lipinski definition) is 2. The number of nitrogens with two attached hydrogens (primary N) is 1. The number of carbonyl (C=O) groups excluding carboxylic acids is 1.